The standard InChI is InChI=1S/C21H27BrCl2N6O/c22-17-11-25-27-20(17)14-29-5-1-2-15(13-29)12-28-6-8-30(9-7-28)21(31)26-16-3-4-18(23)19(24)10-16/h3-4,10-11,15H,1-2,5-9,12-14H2,(H,25,27)(H,26,31). The van der Waals surface area contributed by atoms with Crippen molar-refractivity contribution in [2.45, 2.75) is 19.4 Å². The van der Waals surface area contributed by atoms with Gasteiger partial charge in [0, 0.05) is 51.5 Å². The van der Waals surface area contributed by atoms with Gasteiger partial charge in [-0.25, -0.2) is 4.79 Å². The second-order valence-electron chi connectivity index (χ2n) is 8.29. The molecule has 0 bridgehead atoms. The number of hydrogen-bond acceptors (Lipinski definition) is 4. The summed E-state index contributed by atoms with van der Waals surface area (Å²) < 4.78 is 1.05. The van der Waals surface area contributed by atoms with Gasteiger partial charge in [0.1, 0.15) is 0 Å². The number of piperidine rings is 1. The van der Waals surface area contributed by atoms with E-state index in [0.717, 1.165) is 62.5 Å². The molecule has 2 aliphatic heterocycles. The van der Waals surface area contributed by atoms with Gasteiger partial charge in [0.15, 0.2) is 0 Å². The number of nitrogens with one attached hydrogen (secondary N) is 2. The molecule has 31 heavy (non-hydrogen) atoms. The molecule has 0 spiro atoms. The molecule has 2 N–H and O–H groups in total. The number of amides is 2. The highest BCUT2D eigenvalue weighted by molar-refractivity contribution is 9.10. The summed E-state index contributed by atoms with van der Waals surface area (Å²) in [5.74, 6) is 0.659. The van der Waals surface area contributed by atoms with Crippen LogP contribution in [0.15, 0.2) is 28.9 Å². The number of halogens is 3. The summed E-state index contributed by atoms with van der Waals surface area (Å²) in [5, 5.41) is 11.0. The third-order valence-corrected chi connectivity index (χ3v) is 7.42. The Hall–Kier alpha value is -1.32. The van der Waals surface area contributed by atoms with Gasteiger partial charge in [-0.2, -0.15) is 5.10 Å². The molecule has 4 rings (SSSR count). The van der Waals surface area contributed by atoms with Crippen LogP contribution in [-0.4, -0.2) is 76.7 Å². The van der Waals surface area contributed by atoms with E-state index in [-0.39, 0.29) is 6.03 Å². The number of rotatable bonds is 5. The number of benzene rings is 1. The quantitative estimate of drug-likeness (QED) is 0.596. The predicted molar refractivity (Wildman–Crippen MR) is 128 cm³/mol. The average Bonchev–Trinajstić information content (AvgIpc) is 3.16. The first-order valence-electron chi connectivity index (χ1n) is 10.6. The molecule has 10 heteroatoms. The molecule has 0 aliphatic carbocycles. The Kier molecular flexibility index (Phi) is 7.77. The lowest BCUT2D eigenvalue weighted by molar-refractivity contribution is 0.0979. The smallest absolute Gasteiger partial charge is 0.321 e. The van der Waals surface area contributed by atoms with Crippen molar-refractivity contribution in [2.75, 3.05) is 51.1 Å². The highest BCUT2D eigenvalue weighted by Gasteiger charge is 2.26. The number of aromatic amines is 1. The minimum atomic E-state index is -0.0907. The summed E-state index contributed by atoms with van der Waals surface area (Å²) in [6, 6.07) is 5.04. The first-order valence-corrected chi connectivity index (χ1v) is 12.2. The van der Waals surface area contributed by atoms with E-state index in [1.54, 1.807) is 18.2 Å². The van der Waals surface area contributed by atoms with Crippen LogP contribution >= 0.6 is 39.1 Å². The van der Waals surface area contributed by atoms with Crippen molar-refractivity contribution in [1.82, 2.24) is 24.9 Å². The van der Waals surface area contributed by atoms with E-state index in [1.165, 1.54) is 12.8 Å². The Morgan fingerprint density at radius 1 is 1.16 bits per heavy atom. The number of likely N-dealkylation sites (tertiary alicyclic amines) is 1. The predicted octanol–water partition coefficient (Wildman–Crippen LogP) is 4.54. The van der Waals surface area contributed by atoms with Crippen LogP contribution in [0.4, 0.5) is 10.5 Å². The van der Waals surface area contributed by atoms with Crippen LogP contribution in [0.5, 0.6) is 0 Å². The third-order valence-electron chi connectivity index (χ3n) is 6.00. The van der Waals surface area contributed by atoms with Gasteiger partial charge in [0.2, 0.25) is 0 Å². The SMILES string of the molecule is O=C(Nc1ccc(Cl)c(Cl)c1)N1CCN(CC2CCCN(Cc3[nH]ncc3Br)C2)CC1. The van der Waals surface area contributed by atoms with E-state index in [4.69, 9.17) is 23.2 Å². The number of aromatic nitrogens is 2. The largest absolute Gasteiger partial charge is 0.322 e. The summed E-state index contributed by atoms with van der Waals surface area (Å²) in [6.45, 7) is 7.47. The highest BCUT2D eigenvalue weighted by Crippen LogP contribution is 2.25. The van der Waals surface area contributed by atoms with Gasteiger partial charge in [-0.3, -0.25) is 14.9 Å². The van der Waals surface area contributed by atoms with Gasteiger partial charge in [0.05, 0.1) is 26.4 Å². The zero-order valence-electron chi connectivity index (χ0n) is 17.3. The van der Waals surface area contributed by atoms with Crippen molar-refractivity contribution < 1.29 is 4.79 Å². The van der Waals surface area contributed by atoms with Gasteiger partial charge < -0.3 is 10.2 Å². The second kappa shape index (κ2) is 10.5. The van der Waals surface area contributed by atoms with Crippen LogP contribution in [0.3, 0.4) is 0 Å². The van der Waals surface area contributed by atoms with E-state index in [1.807, 2.05) is 11.1 Å². The first kappa shape index (κ1) is 22.9. The molecule has 1 atom stereocenters. The first-order chi connectivity index (χ1) is 15.0. The van der Waals surface area contributed by atoms with E-state index in [0.29, 0.717) is 21.7 Å². The van der Waals surface area contributed by atoms with Crippen LogP contribution < -0.4 is 5.32 Å². The fourth-order valence-electron chi connectivity index (χ4n) is 4.35. The maximum absolute atomic E-state index is 12.6. The molecule has 3 heterocycles. The molecule has 1 unspecified atom stereocenters. The Morgan fingerprint density at radius 3 is 2.68 bits per heavy atom. The topological polar surface area (TPSA) is 67.5 Å². The van der Waals surface area contributed by atoms with Crippen molar-refractivity contribution >= 4 is 50.9 Å². The van der Waals surface area contributed by atoms with Gasteiger partial charge in [-0.1, -0.05) is 23.2 Å². The van der Waals surface area contributed by atoms with Crippen molar-refractivity contribution in [3.8, 4) is 0 Å². The molecule has 2 fully saturated rings. The van der Waals surface area contributed by atoms with Crippen LogP contribution in [-0.2, 0) is 6.54 Å². The number of carbonyl (C=O) groups excluding carboxylic acids is 1. The number of piperazine rings is 1. The number of H-pyrrole nitrogens is 1. The monoisotopic (exact) mass is 528 g/mol. The molecular weight excluding hydrogens is 503 g/mol. The van der Waals surface area contributed by atoms with Gasteiger partial charge in [0.25, 0.3) is 0 Å². The lowest BCUT2D eigenvalue weighted by Gasteiger charge is -2.39. The molecule has 2 aliphatic rings. The molecular formula is C21H27BrCl2N6O. The fraction of sp³-hybridized carbons (Fsp3) is 0.524. The van der Waals surface area contributed by atoms with Gasteiger partial charge in [-0.15, -0.1) is 0 Å². The van der Waals surface area contributed by atoms with E-state index < -0.39 is 0 Å². The molecule has 2 amide bonds. The van der Waals surface area contributed by atoms with E-state index in [2.05, 4.69) is 41.2 Å². The molecule has 2 aromatic rings. The lowest BCUT2D eigenvalue weighted by Crippen LogP contribution is -2.52. The summed E-state index contributed by atoms with van der Waals surface area (Å²) in [7, 11) is 0. The van der Waals surface area contributed by atoms with Crippen molar-refractivity contribution in [3.63, 3.8) is 0 Å². The Labute approximate surface area is 201 Å². The molecule has 2 saturated heterocycles. The fourth-order valence-corrected chi connectivity index (χ4v) is 4.97. The Morgan fingerprint density at radius 2 is 1.97 bits per heavy atom. The second-order valence-corrected chi connectivity index (χ2v) is 9.96. The lowest BCUT2D eigenvalue weighted by atomic mass is 9.97. The normalized spacial score (nSPS) is 20.7. The van der Waals surface area contributed by atoms with Gasteiger partial charge >= 0.3 is 6.03 Å². The van der Waals surface area contributed by atoms with E-state index >= 15 is 0 Å². The Balaban J connectivity index is 1.22. The molecule has 1 aromatic carbocycles. The zero-order chi connectivity index (χ0) is 21.8. The number of nitrogens with zero attached hydrogens (tertiary/aromatic N) is 4. The number of carbonyl (C=O) groups is 1. The van der Waals surface area contributed by atoms with Crippen LogP contribution in [0.25, 0.3) is 0 Å². The van der Waals surface area contributed by atoms with E-state index in [9.17, 15) is 4.79 Å². The van der Waals surface area contributed by atoms with Crippen molar-refractivity contribution in [3.05, 3.63) is 44.6 Å². The summed E-state index contributed by atoms with van der Waals surface area (Å²) in [4.78, 5) is 19.4. The maximum Gasteiger partial charge on any atom is 0.321 e. The average molecular weight is 530 g/mol. The molecule has 7 nitrogen and oxygen atoms in total. The maximum atomic E-state index is 12.6. The summed E-state index contributed by atoms with van der Waals surface area (Å²) in [6.07, 6.45) is 4.30. The zero-order valence-corrected chi connectivity index (χ0v) is 20.4. The summed E-state index contributed by atoms with van der Waals surface area (Å²) in [5.41, 5.74) is 1.80. The van der Waals surface area contributed by atoms with Crippen LogP contribution in [0.2, 0.25) is 10.0 Å². The van der Waals surface area contributed by atoms with Crippen molar-refractivity contribution in [2.24, 2.45) is 5.92 Å². The third kappa shape index (κ3) is 6.14. The number of hydrogen-bond donors (Lipinski definition) is 2. The minimum Gasteiger partial charge on any atom is -0.322 e. The minimum absolute atomic E-state index is 0.0907. The molecule has 0 saturated carbocycles. The van der Waals surface area contributed by atoms with Gasteiger partial charge in [-0.05, 0) is 59.4 Å². The van der Waals surface area contributed by atoms with Crippen molar-refractivity contribution in [1.29, 1.82) is 0 Å². The molecule has 0 radical (unpaired) electrons. The Bertz CT molecular complexity index is 902. The van der Waals surface area contributed by atoms with Crippen LogP contribution in [0, 0.1) is 5.92 Å². The summed E-state index contributed by atoms with van der Waals surface area (Å²) >= 11 is 15.5. The molecule has 1 aromatic heterocycles. The molecule has 168 valence electrons. The van der Waals surface area contributed by atoms with Crippen LogP contribution in [0.1, 0.15) is 18.5 Å². The number of anilines is 1. The number of urea groups is 1. The highest BCUT2D eigenvalue weighted by atomic mass is 79.9.